The van der Waals surface area contributed by atoms with Gasteiger partial charge in [0.2, 0.25) is 5.91 Å². The molecule has 0 aliphatic heterocycles. The number of nitrogens with one attached hydrogen (secondary N) is 1. The first-order chi connectivity index (χ1) is 9.43. The van der Waals surface area contributed by atoms with Crippen LogP contribution in [0, 0.1) is 22.3 Å². The van der Waals surface area contributed by atoms with Crippen LogP contribution in [0.5, 0.6) is 0 Å². The first kappa shape index (κ1) is 17.4. The first-order valence-corrected chi connectivity index (χ1v) is 8.28. The molecule has 0 saturated heterocycles. The number of rotatable bonds is 7. The second kappa shape index (κ2) is 8.62. The van der Waals surface area contributed by atoms with Crippen LogP contribution in [0.15, 0.2) is 18.2 Å². The Morgan fingerprint density at radius 2 is 2.05 bits per heavy atom. The molecule has 1 aromatic rings. The molecule has 1 aromatic carbocycles. The molecule has 3 nitrogen and oxygen atoms in total. The summed E-state index contributed by atoms with van der Waals surface area (Å²) in [4.78, 5) is 12.0. The number of halogens is 1. The van der Waals surface area contributed by atoms with Gasteiger partial charge in [0, 0.05) is 15.7 Å². The standard InChI is InChI=1S/C16H25IN2O/c1-11(2)13(8-9-18)4-7-16(20)19-15-6-5-14(17)10-12(15)3/h5-6,10-11,13H,4,7-9,18H2,1-3H3,(H,19,20). The molecule has 1 rings (SSSR count). The van der Waals surface area contributed by atoms with Gasteiger partial charge in [0.1, 0.15) is 0 Å². The summed E-state index contributed by atoms with van der Waals surface area (Å²) in [5.41, 5.74) is 7.65. The van der Waals surface area contributed by atoms with E-state index in [9.17, 15) is 4.79 Å². The van der Waals surface area contributed by atoms with E-state index >= 15 is 0 Å². The molecule has 0 aromatic heterocycles. The molecule has 0 heterocycles. The van der Waals surface area contributed by atoms with Crippen LogP contribution in [0.1, 0.15) is 38.7 Å². The van der Waals surface area contributed by atoms with Crippen molar-refractivity contribution in [2.45, 2.75) is 40.0 Å². The van der Waals surface area contributed by atoms with E-state index in [1.807, 2.05) is 19.1 Å². The Morgan fingerprint density at radius 3 is 2.60 bits per heavy atom. The average Bonchev–Trinajstić information content (AvgIpc) is 2.37. The van der Waals surface area contributed by atoms with E-state index in [2.05, 4.69) is 47.8 Å². The molecule has 20 heavy (non-hydrogen) atoms. The van der Waals surface area contributed by atoms with E-state index in [0.29, 0.717) is 24.8 Å². The second-order valence-corrected chi connectivity index (χ2v) is 6.87. The second-order valence-electron chi connectivity index (χ2n) is 5.63. The third-order valence-electron chi connectivity index (χ3n) is 3.68. The van der Waals surface area contributed by atoms with Crippen LogP contribution < -0.4 is 11.1 Å². The number of aryl methyl sites for hydroxylation is 1. The molecular formula is C16H25IN2O. The van der Waals surface area contributed by atoms with E-state index in [-0.39, 0.29) is 5.91 Å². The lowest BCUT2D eigenvalue weighted by Crippen LogP contribution is -2.18. The topological polar surface area (TPSA) is 55.1 Å². The van der Waals surface area contributed by atoms with Crippen LogP contribution in [0.4, 0.5) is 5.69 Å². The van der Waals surface area contributed by atoms with Gasteiger partial charge >= 0.3 is 0 Å². The maximum atomic E-state index is 12.0. The van der Waals surface area contributed by atoms with E-state index in [0.717, 1.165) is 24.1 Å². The van der Waals surface area contributed by atoms with Gasteiger partial charge in [0.05, 0.1) is 0 Å². The van der Waals surface area contributed by atoms with Gasteiger partial charge in [-0.1, -0.05) is 13.8 Å². The molecule has 0 bridgehead atoms. The van der Waals surface area contributed by atoms with Crippen molar-refractivity contribution in [3.8, 4) is 0 Å². The zero-order valence-electron chi connectivity index (χ0n) is 12.6. The quantitative estimate of drug-likeness (QED) is 0.696. The predicted octanol–water partition coefficient (Wildman–Crippen LogP) is 3.94. The van der Waals surface area contributed by atoms with Gasteiger partial charge in [-0.3, -0.25) is 4.79 Å². The van der Waals surface area contributed by atoms with Gasteiger partial charge in [0.25, 0.3) is 0 Å². The van der Waals surface area contributed by atoms with Crippen molar-refractivity contribution in [3.05, 3.63) is 27.3 Å². The molecular weight excluding hydrogens is 363 g/mol. The van der Waals surface area contributed by atoms with Crippen LogP contribution in [0.2, 0.25) is 0 Å². The number of nitrogens with two attached hydrogens (primary N) is 1. The van der Waals surface area contributed by atoms with Gasteiger partial charge in [-0.2, -0.15) is 0 Å². The largest absolute Gasteiger partial charge is 0.330 e. The Balaban J connectivity index is 2.51. The number of hydrogen-bond donors (Lipinski definition) is 2. The summed E-state index contributed by atoms with van der Waals surface area (Å²) in [6.45, 7) is 7.10. The minimum absolute atomic E-state index is 0.0944. The normalized spacial score (nSPS) is 12.5. The van der Waals surface area contributed by atoms with Gasteiger partial charge < -0.3 is 11.1 Å². The van der Waals surface area contributed by atoms with Crippen molar-refractivity contribution in [1.82, 2.24) is 0 Å². The highest BCUT2D eigenvalue weighted by molar-refractivity contribution is 14.1. The highest BCUT2D eigenvalue weighted by Crippen LogP contribution is 2.22. The van der Waals surface area contributed by atoms with Crippen molar-refractivity contribution in [2.24, 2.45) is 17.6 Å². The van der Waals surface area contributed by atoms with E-state index in [4.69, 9.17) is 5.73 Å². The SMILES string of the molecule is Cc1cc(I)ccc1NC(=O)CCC(CCN)C(C)C. The van der Waals surface area contributed by atoms with Crippen LogP contribution in [0.3, 0.4) is 0 Å². The lowest BCUT2D eigenvalue weighted by Gasteiger charge is -2.19. The minimum atomic E-state index is 0.0944. The molecule has 0 saturated carbocycles. The van der Waals surface area contributed by atoms with Gasteiger partial charge in [-0.25, -0.2) is 0 Å². The molecule has 1 amide bonds. The van der Waals surface area contributed by atoms with E-state index in [1.165, 1.54) is 3.57 Å². The van der Waals surface area contributed by atoms with Crippen molar-refractivity contribution in [1.29, 1.82) is 0 Å². The fraction of sp³-hybridized carbons (Fsp3) is 0.562. The van der Waals surface area contributed by atoms with Crippen molar-refractivity contribution in [3.63, 3.8) is 0 Å². The van der Waals surface area contributed by atoms with E-state index in [1.54, 1.807) is 0 Å². The van der Waals surface area contributed by atoms with Gasteiger partial charge in [-0.15, -0.1) is 0 Å². The van der Waals surface area contributed by atoms with Crippen molar-refractivity contribution >= 4 is 34.2 Å². The van der Waals surface area contributed by atoms with Crippen LogP contribution >= 0.6 is 22.6 Å². The number of amides is 1. The van der Waals surface area contributed by atoms with Crippen LogP contribution in [0.25, 0.3) is 0 Å². The molecule has 112 valence electrons. The number of hydrogen-bond acceptors (Lipinski definition) is 2. The zero-order valence-corrected chi connectivity index (χ0v) is 14.7. The third-order valence-corrected chi connectivity index (χ3v) is 4.36. The summed E-state index contributed by atoms with van der Waals surface area (Å²) < 4.78 is 1.18. The molecule has 0 radical (unpaired) electrons. The fourth-order valence-electron chi connectivity index (χ4n) is 2.32. The maximum absolute atomic E-state index is 12.0. The lowest BCUT2D eigenvalue weighted by molar-refractivity contribution is -0.116. The predicted molar refractivity (Wildman–Crippen MR) is 93.8 cm³/mol. The minimum Gasteiger partial charge on any atom is -0.330 e. The zero-order chi connectivity index (χ0) is 15.1. The average molecular weight is 388 g/mol. The Labute approximate surface area is 135 Å². The highest BCUT2D eigenvalue weighted by Gasteiger charge is 2.14. The summed E-state index contributed by atoms with van der Waals surface area (Å²) in [6, 6.07) is 6.05. The molecule has 1 atom stereocenters. The van der Waals surface area contributed by atoms with Crippen LogP contribution in [-0.2, 0) is 4.79 Å². The Kier molecular flexibility index (Phi) is 7.51. The molecule has 0 fully saturated rings. The highest BCUT2D eigenvalue weighted by atomic mass is 127. The third kappa shape index (κ3) is 5.79. The van der Waals surface area contributed by atoms with Crippen molar-refractivity contribution < 1.29 is 4.79 Å². The maximum Gasteiger partial charge on any atom is 0.224 e. The smallest absolute Gasteiger partial charge is 0.224 e. The van der Waals surface area contributed by atoms with Gasteiger partial charge in [0.15, 0.2) is 0 Å². The summed E-state index contributed by atoms with van der Waals surface area (Å²) in [5, 5.41) is 3.00. The lowest BCUT2D eigenvalue weighted by atomic mass is 9.88. The van der Waals surface area contributed by atoms with Crippen molar-refractivity contribution in [2.75, 3.05) is 11.9 Å². The molecule has 0 spiro atoms. The number of carbonyl (C=O) groups excluding carboxylic acids is 1. The summed E-state index contributed by atoms with van der Waals surface area (Å²) in [6.07, 6.45) is 2.46. The number of benzene rings is 1. The fourth-order valence-corrected chi connectivity index (χ4v) is 2.97. The summed E-state index contributed by atoms with van der Waals surface area (Å²) in [7, 11) is 0. The molecule has 3 N–H and O–H groups in total. The van der Waals surface area contributed by atoms with E-state index < -0.39 is 0 Å². The number of carbonyl (C=O) groups is 1. The molecule has 0 aliphatic rings. The Morgan fingerprint density at radius 1 is 1.35 bits per heavy atom. The Hall–Kier alpha value is -0.620. The van der Waals surface area contributed by atoms with Gasteiger partial charge in [-0.05, 0) is 84.5 Å². The van der Waals surface area contributed by atoms with Crippen LogP contribution in [-0.4, -0.2) is 12.5 Å². The molecule has 1 unspecified atom stereocenters. The summed E-state index contributed by atoms with van der Waals surface area (Å²) in [5.74, 6) is 1.20. The number of anilines is 1. The molecule has 0 aliphatic carbocycles. The first-order valence-electron chi connectivity index (χ1n) is 7.20. The monoisotopic (exact) mass is 388 g/mol. The Bertz CT molecular complexity index is 446. The summed E-state index contributed by atoms with van der Waals surface area (Å²) >= 11 is 2.27. The molecule has 4 heteroatoms.